The van der Waals surface area contributed by atoms with E-state index in [0.717, 1.165) is 0 Å². The summed E-state index contributed by atoms with van der Waals surface area (Å²) >= 11 is 7.70. The Morgan fingerprint density at radius 1 is 0.941 bits per heavy atom. The quantitative estimate of drug-likeness (QED) is 0.746. The molecule has 2 rings (SSSR count). The van der Waals surface area contributed by atoms with Gasteiger partial charge in [0.15, 0.2) is 34.3 Å². The number of hydrogen-bond acceptors (Lipinski definition) is 5. The average molecular weight is 380 g/mol. The average Bonchev–Trinajstić information content (AvgIpc) is 2.84. The van der Waals surface area contributed by atoms with E-state index < -0.39 is 0 Å². The molecule has 2 aromatic rings. The van der Waals surface area contributed by atoms with Gasteiger partial charge >= 0.3 is 0 Å². The predicted octanol–water partition coefficient (Wildman–Crippen LogP) is 4.17. The van der Waals surface area contributed by atoms with E-state index in [1.807, 2.05) is 0 Å². The highest BCUT2D eigenvalue weighted by Crippen LogP contribution is 2.40. The van der Waals surface area contributed by atoms with Crippen LogP contribution in [0.3, 0.4) is 0 Å². The Bertz CT molecular complexity index is 523. The summed E-state index contributed by atoms with van der Waals surface area (Å²) in [5.41, 5.74) is 0. The summed E-state index contributed by atoms with van der Waals surface area (Å²) in [6.45, 7) is 0. The van der Waals surface area contributed by atoms with Gasteiger partial charge in [0.1, 0.15) is 0 Å². The molecule has 0 saturated heterocycles. The van der Waals surface area contributed by atoms with Crippen molar-refractivity contribution in [2.75, 3.05) is 0 Å². The van der Waals surface area contributed by atoms with E-state index in [1.165, 1.54) is 11.8 Å². The van der Waals surface area contributed by atoms with Gasteiger partial charge in [0.2, 0.25) is 0 Å². The lowest BCUT2D eigenvalue weighted by molar-refractivity contribution is 0.109. The Morgan fingerprint density at radius 3 is 1.65 bits per heavy atom. The van der Waals surface area contributed by atoms with Gasteiger partial charge in [0, 0.05) is 12.1 Å². The molecule has 88 valence electrons. The highest BCUT2D eigenvalue weighted by atomic mass is 79.9. The molecule has 0 bridgehead atoms. The standard InChI is InChI=1S/C10H4Br2O4S/c11-7-1-5(3-13)15-9(7)17-10-8(12)2-6(4-14)16-10/h1-4H. The van der Waals surface area contributed by atoms with Crippen molar-refractivity contribution in [2.24, 2.45) is 0 Å². The zero-order chi connectivity index (χ0) is 12.4. The van der Waals surface area contributed by atoms with Crippen LogP contribution in [0.5, 0.6) is 0 Å². The molecule has 0 atom stereocenters. The number of carbonyl (C=O) groups is 2. The molecule has 0 aliphatic rings. The van der Waals surface area contributed by atoms with Crippen LogP contribution in [0.2, 0.25) is 0 Å². The van der Waals surface area contributed by atoms with E-state index in [9.17, 15) is 9.59 Å². The fourth-order valence-electron chi connectivity index (χ4n) is 1.08. The van der Waals surface area contributed by atoms with Gasteiger partial charge in [-0.1, -0.05) is 0 Å². The van der Waals surface area contributed by atoms with Crippen molar-refractivity contribution >= 4 is 56.2 Å². The van der Waals surface area contributed by atoms with Gasteiger partial charge in [-0.05, 0) is 43.6 Å². The Hall–Kier alpha value is -0.790. The molecule has 0 amide bonds. The van der Waals surface area contributed by atoms with Crippen molar-refractivity contribution in [1.29, 1.82) is 0 Å². The number of hydrogen-bond donors (Lipinski definition) is 0. The van der Waals surface area contributed by atoms with Crippen LogP contribution in [-0.2, 0) is 0 Å². The van der Waals surface area contributed by atoms with Crippen LogP contribution in [-0.4, -0.2) is 12.6 Å². The van der Waals surface area contributed by atoms with E-state index in [2.05, 4.69) is 31.9 Å². The third-order valence-electron chi connectivity index (χ3n) is 1.77. The molecular weight excluding hydrogens is 376 g/mol. The van der Waals surface area contributed by atoms with Gasteiger partial charge in [-0.15, -0.1) is 0 Å². The molecule has 0 spiro atoms. The lowest BCUT2D eigenvalue weighted by Crippen LogP contribution is -1.69. The monoisotopic (exact) mass is 378 g/mol. The van der Waals surface area contributed by atoms with Crippen molar-refractivity contribution in [2.45, 2.75) is 10.2 Å². The zero-order valence-electron chi connectivity index (χ0n) is 8.11. The summed E-state index contributed by atoms with van der Waals surface area (Å²) in [5, 5.41) is 0.971. The fourth-order valence-corrected chi connectivity index (χ4v) is 2.93. The highest BCUT2D eigenvalue weighted by molar-refractivity contribution is 9.11. The van der Waals surface area contributed by atoms with Crippen LogP contribution in [0.25, 0.3) is 0 Å². The fraction of sp³-hybridized carbons (Fsp3) is 0. The van der Waals surface area contributed by atoms with Gasteiger partial charge in [-0.25, -0.2) is 0 Å². The van der Waals surface area contributed by atoms with Crippen LogP contribution < -0.4 is 0 Å². The molecule has 7 heteroatoms. The van der Waals surface area contributed by atoms with Crippen LogP contribution in [0, 0.1) is 0 Å². The van der Waals surface area contributed by atoms with Gasteiger partial charge in [0.25, 0.3) is 0 Å². The summed E-state index contributed by atoms with van der Waals surface area (Å²) in [4.78, 5) is 21.1. The molecular formula is C10H4Br2O4S. The zero-order valence-corrected chi connectivity index (χ0v) is 12.1. The summed E-state index contributed by atoms with van der Waals surface area (Å²) in [7, 11) is 0. The largest absolute Gasteiger partial charge is 0.445 e. The normalized spacial score (nSPS) is 10.5. The summed E-state index contributed by atoms with van der Waals surface area (Å²) in [6.07, 6.45) is 1.23. The second kappa shape index (κ2) is 5.24. The molecule has 0 fully saturated rings. The van der Waals surface area contributed by atoms with Crippen molar-refractivity contribution in [3.8, 4) is 0 Å². The summed E-state index contributed by atoms with van der Waals surface area (Å²) in [6, 6.07) is 3.12. The molecule has 0 aromatic carbocycles. The first-order valence-corrected chi connectivity index (χ1v) is 6.71. The number of rotatable bonds is 4. The first kappa shape index (κ1) is 12.7. The third kappa shape index (κ3) is 2.72. The molecule has 0 aliphatic heterocycles. The Kier molecular flexibility index (Phi) is 3.90. The van der Waals surface area contributed by atoms with E-state index >= 15 is 0 Å². The second-order valence-corrected chi connectivity index (χ2v) is 5.56. The minimum Gasteiger partial charge on any atom is -0.445 e. The molecule has 2 aromatic heterocycles. The predicted molar refractivity (Wildman–Crippen MR) is 67.7 cm³/mol. The lowest BCUT2D eigenvalue weighted by Gasteiger charge is -1.94. The maximum Gasteiger partial charge on any atom is 0.185 e. The van der Waals surface area contributed by atoms with Gasteiger partial charge < -0.3 is 8.83 Å². The number of aldehydes is 2. The van der Waals surface area contributed by atoms with Crippen molar-refractivity contribution in [3.05, 3.63) is 32.6 Å². The Balaban J connectivity index is 2.30. The number of furan rings is 2. The van der Waals surface area contributed by atoms with Crippen LogP contribution >= 0.6 is 43.6 Å². The first-order chi connectivity index (χ1) is 8.13. The maximum atomic E-state index is 10.5. The van der Waals surface area contributed by atoms with E-state index in [-0.39, 0.29) is 11.5 Å². The first-order valence-electron chi connectivity index (χ1n) is 4.31. The third-order valence-corrected chi connectivity index (χ3v) is 4.45. The molecule has 17 heavy (non-hydrogen) atoms. The molecule has 0 radical (unpaired) electrons. The summed E-state index contributed by atoms with van der Waals surface area (Å²) in [5.74, 6) is 0.440. The molecule has 4 nitrogen and oxygen atoms in total. The number of halogens is 2. The van der Waals surface area contributed by atoms with Crippen molar-refractivity contribution in [1.82, 2.24) is 0 Å². The molecule has 2 heterocycles. The molecule has 0 saturated carbocycles. The highest BCUT2D eigenvalue weighted by Gasteiger charge is 2.16. The minimum absolute atomic E-state index is 0.220. The molecule has 0 aliphatic carbocycles. The molecule has 0 N–H and O–H groups in total. The lowest BCUT2D eigenvalue weighted by atomic mass is 10.5. The van der Waals surface area contributed by atoms with Gasteiger partial charge in [-0.3, -0.25) is 9.59 Å². The Morgan fingerprint density at radius 2 is 1.35 bits per heavy atom. The smallest absolute Gasteiger partial charge is 0.185 e. The topological polar surface area (TPSA) is 60.4 Å². The SMILES string of the molecule is O=Cc1cc(Br)c(Sc2oc(C=O)cc2Br)o1. The van der Waals surface area contributed by atoms with Gasteiger partial charge in [0.05, 0.1) is 8.95 Å². The van der Waals surface area contributed by atoms with Crippen LogP contribution in [0.4, 0.5) is 0 Å². The van der Waals surface area contributed by atoms with E-state index in [0.29, 0.717) is 31.7 Å². The minimum atomic E-state index is 0.220. The van der Waals surface area contributed by atoms with Gasteiger partial charge in [-0.2, -0.15) is 0 Å². The van der Waals surface area contributed by atoms with Crippen molar-refractivity contribution < 1.29 is 18.4 Å². The van der Waals surface area contributed by atoms with Crippen LogP contribution in [0.15, 0.2) is 40.1 Å². The maximum absolute atomic E-state index is 10.5. The molecule has 0 unspecified atom stereocenters. The van der Waals surface area contributed by atoms with Crippen molar-refractivity contribution in [3.63, 3.8) is 0 Å². The second-order valence-electron chi connectivity index (χ2n) is 2.91. The van der Waals surface area contributed by atoms with E-state index in [1.54, 1.807) is 12.1 Å². The van der Waals surface area contributed by atoms with E-state index in [4.69, 9.17) is 8.83 Å². The summed E-state index contributed by atoms with van der Waals surface area (Å²) < 4.78 is 11.8. The van der Waals surface area contributed by atoms with Crippen LogP contribution in [0.1, 0.15) is 21.1 Å². The number of carbonyl (C=O) groups excluding carboxylic acids is 2. The Labute approximate surface area is 117 Å².